The molecule has 0 aliphatic carbocycles. The Bertz CT molecular complexity index is 292. The van der Waals surface area contributed by atoms with E-state index in [-0.39, 0.29) is 0 Å². The summed E-state index contributed by atoms with van der Waals surface area (Å²) in [5, 5.41) is 3.79. The summed E-state index contributed by atoms with van der Waals surface area (Å²) >= 11 is 0. The van der Waals surface area contributed by atoms with Crippen LogP contribution in [0.25, 0.3) is 0 Å². The second kappa shape index (κ2) is 7.24. The van der Waals surface area contributed by atoms with Gasteiger partial charge in [0.15, 0.2) is 0 Å². The molecule has 20 heavy (non-hydrogen) atoms. The maximum atomic E-state index is 3.79. The highest BCUT2D eigenvalue weighted by molar-refractivity contribution is 4.93. The minimum atomic E-state index is 0.699. The number of likely N-dealkylation sites (tertiary alicyclic amines) is 1. The first-order valence-electron chi connectivity index (χ1n) is 8.68. The molecule has 2 rings (SSSR count). The minimum absolute atomic E-state index is 0.699. The van der Waals surface area contributed by atoms with E-state index in [1.807, 2.05) is 0 Å². The molecule has 3 nitrogen and oxygen atoms in total. The molecule has 2 heterocycles. The number of nitrogens with one attached hydrogen (secondary N) is 1. The van der Waals surface area contributed by atoms with Crippen LogP contribution >= 0.6 is 0 Å². The highest BCUT2D eigenvalue weighted by Crippen LogP contribution is 2.26. The molecule has 2 saturated heterocycles. The van der Waals surface area contributed by atoms with Crippen molar-refractivity contribution in [2.75, 3.05) is 33.2 Å². The van der Waals surface area contributed by atoms with Gasteiger partial charge in [0, 0.05) is 37.8 Å². The van der Waals surface area contributed by atoms with Crippen LogP contribution in [-0.2, 0) is 0 Å². The molecule has 0 spiro atoms. The average Bonchev–Trinajstić information content (AvgIpc) is 2.38. The Balaban J connectivity index is 2.01. The molecule has 0 radical (unpaired) electrons. The smallest absolute Gasteiger partial charge is 0.0221 e. The molecule has 4 unspecified atom stereocenters. The van der Waals surface area contributed by atoms with Crippen LogP contribution in [0.1, 0.15) is 47.0 Å². The first-order valence-corrected chi connectivity index (χ1v) is 8.68. The molecule has 2 aliphatic heterocycles. The van der Waals surface area contributed by atoms with E-state index in [4.69, 9.17) is 0 Å². The van der Waals surface area contributed by atoms with Crippen molar-refractivity contribution < 1.29 is 0 Å². The normalized spacial score (nSPS) is 37.5. The molecule has 0 bridgehead atoms. The molecular weight excluding hydrogens is 246 g/mol. The van der Waals surface area contributed by atoms with Crippen LogP contribution in [0.5, 0.6) is 0 Å². The van der Waals surface area contributed by atoms with E-state index in [0.717, 1.165) is 23.9 Å². The second-order valence-electron chi connectivity index (χ2n) is 7.59. The maximum Gasteiger partial charge on any atom is 0.0221 e. The van der Waals surface area contributed by atoms with Gasteiger partial charge in [-0.2, -0.15) is 0 Å². The van der Waals surface area contributed by atoms with Gasteiger partial charge in [0.25, 0.3) is 0 Å². The zero-order chi connectivity index (χ0) is 14.7. The summed E-state index contributed by atoms with van der Waals surface area (Å²) in [5.41, 5.74) is 0. The number of hydrogen-bond donors (Lipinski definition) is 1. The Morgan fingerprint density at radius 2 is 2.00 bits per heavy atom. The van der Waals surface area contributed by atoms with Gasteiger partial charge in [-0.05, 0) is 44.7 Å². The Labute approximate surface area is 126 Å². The molecule has 3 heteroatoms. The fourth-order valence-corrected chi connectivity index (χ4v) is 4.23. The summed E-state index contributed by atoms with van der Waals surface area (Å²) in [6.45, 7) is 14.5. The van der Waals surface area contributed by atoms with Crippen molar-refractivity contribution in [3.8, 4) is 0 Å². The van der Waals surface area contributed by atoms with E-state index in [0.29, 0.717) is 6.04 Å². The lowest BCUT2D eigenvalue weighted by Gasteiger charge is -2.49. The van der Waals surface area contributed by atoms with Gasteiger partial charge in [-0.3, -0.25) is 4.90 Å². The van der Waals surface area contributed by atoms with Crippen LogP contribution < -0.4 is 5.32 Å². The SMILES string of the molecule is CCC1CNC(CC(C)C)CN1C1CCN(C)CC1C. The highest BCUT2D eigenvalue weighted by Gasteiger charge is 2.36. The van der Waals surface area contributed by atoms with Gasteiger partial charge in [0.1, 0.15) is 0 Å². The van der Waals surface area contributed by atoms with Gasteiger partial charge in [-0.15, -0.1) is 0 Å². The van der Waals surface area contributed by atoms with Gasteiger partial charge in [-0.1, -0.05) is 27.7 Å². The van der Waals surface area contributed by atoms with Crippen molar-refractivity contribution in [1.82, 2.24) is 15.1 Å². The minimum Gasteiger partial charge on any atom is -0.311 e. The molecule has 1 N–H and O–H groups in total. The monoisotopic (exact) mass is 281 g/mol. The summed E-state index contributed by atoms with van der Waals surface area (Å²) in [4.78, 5) is 5.36. The first-order chi connectivity index (χ1) is 9.51. The quantitative estimate of drug-likeness (QED) is 0.854. The number of piperazine rings is 1. The lowest BCUT2D eigenvalue weighted by molar-refractivity contribution is 0.0135. The summed E-state index contributed by atoms with van der Waals surface area (Å²) in [7, 11) is 2.27. The van der Waals surface area contributed by atoms with Gasteiger partial charge in [0.2, 0.25) is 0 Å². The van der Waals surface area contributed by atoms with Crippen LogP contribution in [-0.4, -0.2) is 61.2 Å². The van der Waals surface area contributed by atoms with Crippen molar-refractivity contribution in [2.45, 2.75) is 65.1 Å². The zero-order valence-corrected chi connectivity index (χ0v) is 14.2. The number of nitrogens with zero attached hydrogens (tertiary/aromatic N) is 2. The number of rotatable bonds is 4. The van der Waals surface area contributed by atoms with Crippen LogP contribution in [0.2, 0.25) is 0 Å². The van der Waals surface area contributed by atoms with E-state index in [2.05, 4.69) is 49.9 Å². The lowest BCUT2D eigenvalue weighted by atomic mass is 9.88. The fraction of sp³-hybridized carbons (Fsp3) is 1.00. The number of hydrogen-bond acceptors (Lipinski definition) is 3. The standard InChI is InChI=1S/C17H35N3/c1-6-16-10-18-15(9-13(2)3)12-20(16)17-7-8-19(5)11-14(17)4/h13-18H,6-12H2,1-5H3. The Morgan fingerprint density at radius 3 is 2.60 bits per heavy atom. The summed E-state index contributed by atoms with van der Waals surface area (Å²) in [6, 6.07) is 2.24. The Kier molecular flexibility index (Phi) is 5.88. The Morgan fingerprint density at radius 1 is 1.25 bits per heavy atom. The van der Waals surface area contributed by atoms with Crippen molar-refractivity contribution in [2.24, 2.45) is 11.8 Å². The average molecular weight is 281 g/mol. The molecule has 2 aliphatic rings. The largest absolute Gasteiger partial charge is 0.311 e. The van der Waals surface area contributed by atoms with E-state index in [1.165, 1.54) is 45.4 Å². The van der Waals surface area contributed by atoms with Gasteiger partial charge in [-0.25, -0.2) is 0 Å². The van der Waals surface area contributed by atoms with E-state index in [1.54, 1.807) is 0 Å². The van der Waals surface area contributed by atoms with Crippen molar-refractivity contribution in [3.63, 3.8) is 0 Å². The van der Waals surface area contributed by atoms with Crippen molar-refractivity contribution in [1.29, 1.82) is 0 Å². The molecule has 0 aromatic carbocycles. The van der Waals surface area contributed by atoms with E-state index in [9.17, 15) is 0 Å². The summed E-state index contributed by atoms with van der Waals surface area (Å²) in [6.07, 6.45) is 3.94. The van der Waals surface area contributed by atoms with Gasteiger partial charge >= 0.3 is 0 Å². The molecule has 0 amide bonds. The highest BCUT2D eigenvalue weighted by atomic mass is 15.3. The third kappa shape index (κ3) is 3.96. The van der Waals surface area contributed by atoms with Crippen LogP contribution in [0.15, 0.2) is 0 Å². The summed E-state index contributed by atoms with van der Waals surface area (Å²) < 4.78 is 0. The molecule has 4 atom stereocenters. The molecule has 0 saturated carbocycles. The number of piperidine rings is 1. The van der Waals surface area contributed by atoms with E-state index < -0.39 is 0 Å². The fourth-order valence-electron chi connectivity index (χ4n) is 4.23. The topological polar surface area (TPSA) is 18.5 Å². The van der Waals surface area contributed by atoms with Crippen molar-refractivity contribution >= 4 is 0 Å². The van der Waals surface area contributed by atoms with Gasteiger partial charge < -0.3 is 10.2 Å². The summed E-state index contributed by atoms with van der Waals surface area (Å²) in [5.74, 6) is 1.60. The molecule has 2 fully saturated rings. The predicted molar refractivity (Wildman–Crippen MR) is 87.1 cm³/mol. The van der Waals surface area contributed by atoms with Crippen LogP contribution in [0.3, 0.4) is 0 Å². The lowest BCUT2D eigenvalue weighted by Crippen LogP contribution is -2.62. The van der Waals surface area contributed by atoms with Crippen molar-refractivity contribution in [3.05, 3.63) is 0 Å². The molecule has 118 valence electrons. The maximum absolute atomic E-state index is 3.79. The predicted octanol–water partition coefficient (Wildman–Crippen LogP) is 2.43. The molecule has 0 aromatic heterocycles. The first kappa shape index (κ1) is 16.3. The molecule has 0 aromatic rings. The Hall–Kier alpha value is -0.120. The van der Waals surface area contributed by atoms with Gasteiger partial charge in [0.05, 0.1) is 0 Å². The third-order valence-electron chi connectivity index (χ3n) is 5.26. The van der Waals surface area contributed by atoms with Crippen LogP contribution in [0, 0.1) is 11.8 Å². The zero-order valence-electron chi connectivity index (χ0n) is 14.2. The van der Waals surface area contributed by atoms with E-state index >= 15 is 0 Å². The third-order valence-corrected chi connectivity index (χ3v) is 5.26. The van der Waals surface area contributed by atoms with Crippen LogP contribution in [0.4, 0.5) is 0 Å². The second-order valence-corrected chi connectivity index (χ2v) is 7.59. The molecular formula is C17H35N3.